The molecule has 1 amide bonds. The largest absolute Gasteiger partial charge is 0.444 e. The van der Waals surface area contributed by atoms with Crippen molar-refractivity contribution in [2.24, 2.45) is 0 Å². The molecule has 1 fully saturated rings. The molecule has 2 aliphatic rings. The van der Waals surface area contributed by atoms with Crippen LogP contribution < -0.4 is 4.90 Å². The molecule has 0 bridgehead atoms. The summed E-state index contributed by atoms with van der Waals surface area (Å²) in [6.07, 6.45) is 6.43. The lowest BCUT2D eigenvalue weighted by Gasteiger charge is -2.30. The molecule has 7 nitrogen and oxygen atoms in total. The molecule has 1 aromatic carbocycles. The molecule has 2 aliphatic heterocycles. The molecule has 2 aromatic rings. The topological polar surface area (TPSA) is 67.8 Å². The summed E-state index contributed by atoms with van der Waals surface area (Å²) in [5.74, 6) is 0.745. The van der Waals surface area contributed by atoms with Gasteiger partial charge in [0.2, 0.25) is 5.95 Å². The fourth-order valence-electron chi connectivity index (χ4n) is 3.81. The van der Waals surface area contributed by atoms with E-state index in [0.29, 0.717) is 26.3 Å². The van der Waals surface area contributed by atoms with E-state index in [1.165, 1.54) is 5.57 Å². The first-order chi connectivity index (χ1) is 14.9. The Morgan fingerprint density at radius 1 is 1.03 bits per heavy atom. The molecule has 0 atom stereocenters. The third kappa shape index (κ3) is 5.22. The molecular formula is C24H30N4O3. The minimum atomic E-state index is -0.485. The highest BCUT2D eigenvalue weighted by molar-refractivity contribution is 5.82. The zero-order valence-electron chi connectivity index (χ0n) is 18.5. The van der Waals surface area contributed by atoms with Gasteiger partial charge in [0.05, 0.1) is 13.2 Å². The van der Waals surface area contributed by atoms with Gasteiger partial charge < -0.3 is 19.3 Å². The number of benzene rings is 1. The molecule has 3 heterocycles. The summed E-state index contributed by atoms with van der Waals surface area (Å²) >= 11 is 0. The minimum Gasteiger partial charge on any atom is -0.444 e. The van der Waals surface area contributed by atoms with E-state index in [0.717, 1.165) is 42.1 Å². The molecule has 0 N–H and O–H groups in total. The molecule has 164 valence electrons. The number of hydrogen-bond donors (Lipinski definition) is 0. The molecule has 1 saturated heterocycles. The number of morpholine rings is 1. The summed E-state index contributed by atoms with van der Waals surface area (Å²) in [5.41, 5.74) is 4.00. The van der Waals surface area contributed by atoms with Crippen molar-refractivity contribution in [2.45, 2.75) is 32.8 Å². The van der Waals surface area contributed by atoms with Gasteiger partial charge in [-0.2, -0.15) is 0 Å². The highest BCUT2D eigenvalue weighted by atomic mass is 16.6. The summed E-state index contributed by atoms with van der Waals surface area (Å²) in [6.45, 7) is 9.90. The fraction of sp³-hybridized carbons (Fsp3) is 0.458. The van der Waals surface area contributed by atoms with E-state index in [2.05, 4.69) is 33.1 Å². The second kappa shape index (κ2) is 9.06. The number of nitrogens with zero attached hydrogens (tertiary/aromatic N) is 4. The first-order valence-electron chi connectivity index (χ1n) is 10.8. The first kappa shape index (κ1) is 21.3. The van der Waals surface area contributed by atoms with Crippen molar-refractivity contribution in [3.63, 3.8) is 0 Å². The number of anilines is 1. The van der Waals surface area contributed by atoms with Crippen molar-refractivity contribution in [1.82, 2.24) is 14.9 Å². The third-order valence-electron chi connectivity index (χ3n) is 5.38. The lowest BCUT2D eigenvalue weighted by atomic mass is 9.92. The van der Waals surface area contributed by atoms with Gasteiger partial charge in [0.1, 0.15) is 5.60 Å². The van der Waals surface area contributed by atoms with Crippen LogP contribution in [0.5, 0.6) is 0 Å². The SMILES string of the molecule is CC(C)(C)OC(=O)N1CC=C(c2ccccc2-c2cnc(N3CCOCC3)nc2)CC1. The summed E-state index contributed by atoms with van der Waals surface area (Å²) in [7, 11) is 0. The normalized spacial score (nSPS) is 17.3. The summed E-state index contributed by atoms with van der Waals surface area (Å²) in [6, 6.07) is 8.30. The van der Waals surface area contributed by atoms with Crippen LogP contribution in [-0.2, 0) is 9.47 Å². The Bertz CT molecular complexity index is 944. The Hall–Kier alpha value is -2.93. The van der Waals surface area contributed by atoms with E-state index < -0.39 is 5.60 Å². The Morgan fingerprint density at radius 2 is 1.71 bits per heavy atom. The smallest absolute Gasteiger partial charge is 0.410 e. The molecule has 0 radical (unpaired) electrons. The molecular weight excluding hydrogens is 392 g/mol. The van der Waals surface area contributed by atoms with E-state index in [1.807, 2.05) is 45.3 Å². The predicted molar refractivity (Wildman–Crippen MR) is 121 cm³/mol. The van der Waals surface area contributed by atoms with Gasteiger partial charge in [-0.05, 0) is 43.9 Å². The van der Waals surface area contributed by atoms with Crippen molar-refractivity contribution < 1.29 is 14.3 Å². The van der Waals surface area contributed by atoms with Crippen molar-refractivity contribution in [3.8, 4) is 11.1 Å². The van der Waals surface area contributed by atoms with Gasteiger partial charge in [-0.3, -0.25) is 0 Å². The zero-order chi connectivity index (χ0) is 21.8. The molecule has 0 saturated carbocycles. The van der Waals surface area contributed by atoms with Gasteiger partial charge in [0.15, 0.2) is 0 Å². The van der Waals surface area contributed by atoms with Crippen molar-refractivity contribution in [1.29, 1.82) is 0 Å². The molecule has 1 aromatic heterocycles. The monoisotopic (exact) mass is 422 g/mol. The van der Waals surface area contributed by atoms with Crippen LogP contribution in [0.3, 0.4) is 0 Å². The van der Waals surface area contributed by atoms with Crippen LogP contribution in [0.25, 0.3) is 16.7 Å². The summed E-state index contributed by atoms with van der Waals surface area (Å²) in [5, 5.41) is 0. The Balaban J connectivity index is 1.51. The average Bonchev–Trinajstić information content (AvgIpc) is 2.79. The van der Waals surface area contributed by atoms with Crippen LogP contribution in [0.15, 0.2) is 42.7 Å². The summed E-state index contributed by atoms with van der Waals surface area (Å²) in [4.78, 5) is 25.5. The van der Waals surface area contributed by atoms with Crippen LogP contribution in [0.4, 0.5) is 10.7 Å². The maximum Gasteiger partial charge on any atom is 0.410 e. The van der Waals surface area contributed by atoms with E-state index in [-0.39, 0.29) is 6.09 Å². The lowest BCUT2D eigenvalue weighted by molar-refractivity contribution is 0.0270. The van der Waals surface area contributed by atoms with E-state index in [1.54, 1.807) is 4.90 Å². The molecule has 0 aliphatic carbocycles. The molecule has 31 heavy (non-hydrogen) atoms. The van der Waals surface area contributed by atoms with Crippen LogP contribution >= 0.6 is 0 Å². The van der Waals surface area contributed by atoms with Gasteiger partial charge in [0, 0.05) is 44.1 Å². The predicted octanol–water partition coefficient (Wildman–Crippen LogP) is 4.00. The van der Waals surface area contributed by atoms with Crippen molar-refractivity contribution in [2.75, 3.05) is 44.3 Å². The quantitative estimate of drug-likeness (QED) is 0.745. The maximum absolute atomic E-state index is 12.4. The van der Waals surface area contributed by atoms with Crippen LogP contribution in [0, 0.1) is 0 Å². The number of aromatic nitrogens is 2. The van der Waals surface area contributed by atoms with Crippen LogP contribution in [0.1, 0.15) is 32.8 Å². The standard InChI is InChI=1S/C24H30N4O3/c1-24(2,3)31-23(29)28-10-8-18(9-11-28)20-6-4-5-7-21(20)19-16-25-22(26-17-19)27-12-14-30-15-13-27/h4-8,16-17H,9-15H2,1-3H3. The fourth-order valence-corrected chi connectivity index (χ4v) is 3.81. The van der Waals surface area contributed by atoms with Gasteiger partial charge in [0.25, 0.3) is 0 Å². The number of carbonyl (C=O) groups is 1. The first-order valence-corrected chi connectivity index (χ1v) is 10.8. The van der Waals surface area contributed by atoms with E-state index in [9.17, 15) is 4.79 Å². The minimum absolute atomic E-state index is 0.261. The van der Waals surface area contributed by atoms with Crippen molar-refractivity contribution in [3.05, 3.63) is 48.3 Å². The number of rotatable bonds is 3. The molecule has 0 spiro atoms. The maximum atomic E-state index is 12.4. The van der Waals surface area contributed by atoms with E-state index in [4.69, 9.17) is 9.47 Å². The number of ether oxygens (including phenoxy) is 2. The highest BCUT2D eigenvalue weighted by Gasteiger charge is 2.24. The van der Waals surface area contributed by atoms with Crippen molar-refractivity contribution >= 4 is 17.6 Å². The second-order valence-corrected chi connectivity index (χ2v) is 8.82. The molecule has 7 heteroatoms. The van der Waals surface area contributed by atoms with Gasteiger partial charge in [-0.15, -0.1) is 0 Å². The Morgan fingerprint density at radius 3 is 2.32 bits per heavy atom. The Kier molecular flexibility index (Phi) is 6.23. The van der Waals surface area contributed by atoms with Gasteiger partial charge in [-0.1, -0.05) is 30.3 Å². The van der Waals surface area contributed by atoms with Gasteiger partial charge in [-0.25, -0.2) is 14.8 Å². The van der Waals surface area contributed by atoms with Crippen LogP contribution in [0.2, 0.25) is 0 Å². The number of hydrogen-bond acceptors (Lipinski definition) is 6. The molecule has 4 rings (SSSR count). The van der Waals surface area contributed by atoms with Crippen LogP contribution in [-0.4, -0.2) is 66.0 Å². The summed E-state index contributed by atoms with van der Waals surface area (Å²) < 4.78 is 10.9. The third-order valence-corrected chi connectivity index (χ3v) is 5.38. The second-order valence-electron chi connectivity index (χ2n) is 8.82. The zero-order valence-corrected chi connectivity index (χ0v) is 18.5. The average molecular weight is 423 g/mol. The highest BCUT2D eigenvalue weighted by Crippen LogP contribution is 2.32. The van der Waals surface area contributed by atoms with E-state index >= 15 is 0 Å². The number of amides is 1. The number of carbonyl (C=O) groups excluding carboxylic acids is 1. The lowest BCUT2D eigenvalue weighted by Crippen LogP contribution is -2.39. The Labute approximate surface area is 183 Å². The molecule has 0 unspecified atom stereocenters. The van der Waals surface area contributed by atoms with Gasteiger partial charge >= 0.3 is 6.09 Å².